The Morgan fingerprint density at radius 3 is 2.85 bits per heavy atom. The molecular weight excluding hydrogens is 272 g/mol. The first-order valence-electron chi connectivity index (χ1n) is 6.47. The molecular formula is C16H14O3S. The second-order valence-electron chi connectivity index (χ2n) is 4.90. The Labute approximate surface area is 121 Å². The summed E-state index contributed by atoms with van der Waals surface area (Å²) in [5.41, 5.74) is 2.78. The molecule has 1 aliphatic rings. The molecule has 3 nitrogen and oxygen atoms in total. The first-order valence-corrected chi connectivity index (χ1v) is 7.35. The smallest absolute Gasteiger partial charge is 0.309 e. The number of hydrogen-bond donors (Lipinski definition) is 0. The Morgan fingerprint density at radius 1 is 1.30 bits per heavy atom. The quantitative estimate of drug-likeness (QED) is 0.795. The van der Waals surface area contributed by atoms with Gasteiger partial charge in [0.05, 0.1) is 13.0 Å². The summed E-state index contributed by atoms with van der Waals surface area (Å²) in [6, 6.07) is 9.92. The summed E-state index contributed by atoms with van der Waals surface area (Å²) in [6.07, 6.45) is 0.824. The second kappa shape index (κ2) is 5.21. The highest BCUT2D eigenvalue weighted by molar-refractivity contribution is 7.13. The predicted octanol–water partition coefficient (Wildman–Crippen LogP) is 3.33. The Morgan fingerprint density at radius 2 is 2.15 bits per heavy atom. The summed E-state index contributed by atoms with van der Waals surface area (Å²) in [7, 11) is 1.37. The summed E-state index contributed by atoms with van der Waals surface area (Å²) in [5, 5.41) is 2.02. The highest BCUT2D eigenvalue weighted by atomic mass is 32.1. The minimum absolute atomic E-state index is 0.0272. The van der Waals surface area contributed by atoms with Gasteiger partial charge in [0.15, 0.2) is 5.78 Å². The number of hydrogen-bond acceptors (Lipinski definition) is 4. The van der Waals surface area contributed by atoms with E-state index in [4.69, 9.17) is 4.74 Å². The minimum atomic E-state index is -0.349. The molecule has 102 valence electrons. The standard InChI is InChI=1S/C16H14O3S/c1-19-16(18)12-8-11-7-10(15-3-2-6-20-15)4-5-13(11)14(17)9-12/h2-7,12H,8-9H2,1H3. The third-order valence-electron chi connectivity index (χ3n) is 3.64. The lowest BCUT2D eigenvalue weighted by molar-refractivity contribution is -0.145. The third kappa shape index (κ3) is 2.27. The Balaban J connectivity index is 1.98. The van der Waals surface area contributed by atoms with Gasteiger partial charge in [-0.05, 0) is 35.1 Å². The fourth-order valence-corrected chi connectivity index (χ4v) is 3.36. The van der Waals surface area contributed by atoms with Crippen molar-refractivity contribution in [3.05, 3.63) is 46.8 Å². The van der Waals surface area contributed by atoms with E-state index in [1.165, 1.54) is 12.0 Å². The van der Waals surface area contributed by atoms with Gasteiger partial charge in [0.2, 0.25) is 0 Å². The van der Waals surface area contributed by atoms with E-state index in [1.54, 1.807) is 11.3 Å². The minimum Gasteiger partial charge on any atom is -0.469 e. The van der Waals surface area contributed by atoms with E-state index in [0.717, 1.165) is 16.7 Å². The first-order chi connectivity index (χ1) is 9.69. The van der Waals surface area contributed by atoms with Crippen LogP contribution in [0.5, 0.6) is 0 Å². The van der Waals surface area contributed by atoms with Crippen LogP contribution in [0.4, 0.5) is 0 Å². The maximum atomic E-state index is 12.1. The van der Waals surface area contributed by atoms with Crippen molar-refractivity contribution < 1.29 is 14.3 Å². The first kappa shape index (κ1) is 13.1. The maximum Gasteiger partial charge on any atom is 0.309 e. The van der Waals surface area contributed by atoms with Gasteiger partial charge in [0, 0.05) is 16.9 Å². The molecule has 0 amide bonds. The van der Waals surface area contributed by atoms with Crippen LogP contribution in [-0.4, -0.2) is 18.9 Å². The molecule has 0 aliphatic heterocycles. The number of rotatable bonds is 2. The molecule has 20 heavy (non-hydrogen) atoms. The van der Waals surface area contributed by atoms with Gasteiger partial charge in [-0.3, -0.25) is 9.59 Å². The van der Waals surface area contributed by atoms with Crippen LogP contribution < -0.4 is 0 Å². The molecule has 1 aliphatic carbocycles. The predicted molar refractivity (Wildman–Crippen MR) is 77.9 cm³/mol. The van der Waals surface area contributed by atoms with Crippen LogP contribution in [0.2, 0.25) is 0 Å². The molecule has 0 saturated heterocycles. The summed E-state index contributed by atoms with van der Waals surface area (Å²) in [6.45, 7) is 0. The molecule has 0 spiro atoms. The number of esters is 1. The maximum absolute atomic E-state index is 12.1. The number of carbonyl (C=O) groups excluding carboxylic acids is 2. The van der Waals surface area contributed by atoms with Gasteiger partial charge in [-0.1, -0.05) is 18.2 Å². The molecule has 0 bridgehead atoms. The van der Waals surface area contributed by atoms with E-state index in [-0.39, 0.29) is 24.1 Å². The van der Waals surface area contributed by atoms with Gasteiger partial charge in [-0.2, -0.15) is 0 Å². The van der Waals surface area contributed by atoms with Crippen molar-refractivity contribution in [3.8, 4) is 10.4 Å². The number of fused-ring (bicyclic) bond motifs is 1. The average Bonchev–Trinajstić information content (AvgIpc) is 3.00. The van der Waals surface area contributed by atoms with Crippen molar-refractivity contribution in [1.29, 1.82) is 0 Å². The second-order valence-corrected chi connectivity index (χ2v) is 5.85. The molecule has 1 atom stereocenters. The Kier molecular flexibility index (Phi) is 3.40. The van der Waals surface area contributed by atoms with Crippen LogP contribution in [-0.2, 0) is 16.0 Å². The fraction of sp³-hybridized carbons (Fsp3) is 0.250. The van der Waals surface area contributed by atoms with E-state index in [0.29, 0.717) is 6.42 Å². The van der Waals surface area contributed by atoms with Gasteiger partial charge in [0.1, 0.15) is 0 Å². The van der Waals surface area contributed by atoms with Crippen molar-refractivity contribution in [3.63, 3.8) is 0 Å². The molecule has 4 heteroatoms. The Bertz CT molecular complexity index is 658. The van der Waals surface area contributed by atoms with Crippen LogP contribution in [0.25, 0.3) is 10.4 Å². The van der Waals surface area contributed by atoms with Crippen molar-refractivity contribution >= 4 is 23.1 Å². The zero-order chi connectivity index (χ0) is 14.1. The van der Waals surface area contributed by atoms with Gasteiger partial charge in [-0.15, -0.1) is 11.3 Å². The van der Waals surface area contributed by atoms with E-state index in [2.05, 4.69) is 6.07 Å². The monoisotopic (exact) mass is 286 g/mol. The molecule has 0 radical (unpaired) electrons. The lowest BCUT2D eigenvalue weighted by Crippen LogP contribution is -2.27. The van der Waals surface area contributed by atoms with Crippen LogP contribution in [0.3, 0.4) is 0 Å². The van der Waals surface area contributed by atoms with Crippen molar-refractivity contribution in [2.45, 2.75) is 12.8 Å². The summed E-state index contributed by atoms with van der Waals surface area (Å²) >= 11 is 1.66. The lowest BCUT2D eigenvalue weighted by atomic mass is 9.82. The van der Waals surface area contributed by atoms with Gasteiger partial charge in [0.25, 0.3) is 0 Å². The SMILES string of the molecule is COC(=O)C1CC(=O)c2ccc(-c3cccs3)cc2C1. The Hall–Kier alpha value is -1.94. The van der Waals surface area contributed by atoms with E-state index in [1.807, 2.05) is 29.6 Å². The summed E-state index contributed by atoms with van der Waals surface area (Å²) < 4.78 is 4.77. The molecule has 0 N–H and O–H groups in total. The summed E-state index contributed by atoms with van der Waals surface area (Å²) in [5.74, 6) is -0.622. The van der Waals surface area contributed by atoms with Crippen LogP contribution >= 0.6 is 11.3 Å². The molecule has 1 aromatic carbocycles. The van der Waals surface area contributed by atoms with E-state index in [9.17, 15) is 9.59 Å². The molecule has 0 saturated carbocycles. The van der Waals surface area contributed by atoms with Crippen molar-refractivity contribution in [2.75, 3.05) is 7.11 Å². The molecule has 1 unspecified atom stereocenters. The molecule has 1 heterocycles. The number of thiophene rings is 1. The number of methoxy groups -OCH3 is 1. The van der Waals surface area contributed by atoms with Gasteiger partial charge in [-0.25, -0.2) is 0 Å². The lowest BCUT2D eigenvalue weighted by Gasteiger charge is -2.22. The highest BCUT2D eigenvalue weighted by Crippen LogP contribution is 2.32. The van der Waals surface area contributed by atoms with Crippen molar-refractivity contribution in [1.82, 2.24) is 0 Å². The molecule has 3 rings (SSSR count). The summed E-state index contributed by atoms with van der Waals surface area (Å²) in [4.78, 5) is 24.9. The van der Waals surface area contributed by atoms with E-state index >= 15 is 0 Å². The van der Waals surface area contributed by atoms with Crippen LogP contribution in [0.1, 0.15) is 22.3 Å². The number of ketones is 1. The highest BCUT2D eigenvalue weighted by Gasteiger charge is 2.30. The number of Topliss-reactive ketones (excluding diaryl/α,β-unsaturated/α-hetero) is 1. The van der Waals surface area contributed by atoms with E-state index < -0.39 is 0 Å². The molecule has 2 aromatic rings. The van der Waals surface area contributed by atoms with Gasteiger partial charge >= 0.3 is 5.97 Å². The van der Waals surface area contributed by atoms with Crippen molar-refractivity contribution in [2.24, 2.45) is 5.92 Å². The number of ether oxygens (including phenoxy) is 1. The molecule has 0 fully saturated rings. The van der Waals surface area contributed by atoms with Crippen LogP contribution in [0, 0.1) is 5.92 Å². The topological polar surface area (TPSA) is 43.4 Å². The zero-order valence-electron chi connectivity index (χ0n) is 11.1. The van der Waals surface area contributed by atoms with Crippen LogP contribution in [0.15, 0.2) is 35.7 Å². The number of carbonyl (C=O) groups is 2. The molecule has 1 aromatic heterocycles. The number of benzene rings is 1. The average molecular weight is 286 g/mol. The third-order valence-corrected chi connectivity index (χ3v) is 4.56. The largest absolute Gasteiger partial charge is 0.469 e. The fourth-order valence-electron chi connectivity index (χ4n) is 2.64. The van der Waals surface area contributed by atoms with Gasteiger partial charge < -0.3 is 4.74 Å². The normalized spacial score (nSPS) is 17.6. The zero-order valence-corrected chi connectivity index (χ0v) is 11.9.